The second kappa shape index (κ2) is 9.70. The molecule has 2 saturated carbocycles. The molecule has 0 aromatic carbocycles. The summed E-state index contributed by atoms with van der Waals surface area (Å²) in [6.07, 6.45) is 8.51. The van der Waals surface area contributed by atoms with E-state index in [0.29, 0.717) is 11.8 Å². The predicted octanol–water partition coefficient (Wildman–Crippen LogP) is 7.85. The van der Waals surface area contributed by atoms with Crippen molar-refractivity contribution in [3.05, 3.63) is 70.8 Å². The first-order valence-corrected chi connectivity index (χ1v) is 15.7. The maximum atomic E-state index is 5.12. The molecular weight excluding hydrogens is 712 g/mol. The van der Waals surface area contributed by atoms with Gasteiger partial charge in [-0.3, -0.25) is 9.97 Å². The molecule has 7 heteroatoms. The van der Waals surface area contributed by atoms with Gasteiger partial charge in [0.1, 0.15) is 0 Å². The number of pyridine rings is 2. The fraction of sp³-hybridized carbons (Fsp3) is 0.556. The van der Waals surface area contributed by atoms with E-state index in [0.717, 1.165) is 22.8 Å². The van der Waals surface area contributed by atoms with Crippen molar-refractivity contribution >= 4 is 0 Å². The van der Waals surface area contributed by atoms with Crippen LogP contribution in [0.5, 0.6) is 0 Å². The van der Waals surface area contributed by atoms with E-state index in [9.17, 15) is 0 Å². The third-order valence-electron chi connectivity index (χ3n) is 12.5. The molecule has 4 aliphatic carbocycles. The molecule has 0 spiro atoms. The molecule has 228 valence electrons. The Morgan fingerprint density at radius 2 is 1.14 bits per heavy atom. The Morgan fingerprint density at radius 1 is 0.698 bits per heavy atom. The second-order valence-electron chi connectivity index (χ2n) is 15.8. The van der Waals surface area contributed by atoms with Gasteiger partial charge in [0.25, 0.3) is 0 Å². The summed E-state index contributed by atoms with van der Waals surface area (Å²) in [7, 11) is 0. The normalized spacial score (nSPS) is 28.6. The first-order chi connectivity index (χ1) is 19.7. The van der Waals surface area contributed by atoms with Crippen LogP contribution in [0.15, 0.2) is 42.7 Å². The van der Waals surface area contributed by atoms with Crippen LogP contribution in [-0.2, 0) is 37.3 Å². The van der Waals surface area contributed by atoms with Gasteiger partial charge in [0.05, 0.1) is 11.4 Å². The molecule has 2 fully saturated rings. The van der Waals surface area contributed by atoms with Gasteiger partial charge < -0.3 is 20.4 Å². The monoisotopic (exact) mass is 755 g/mol. The van der Waals surface area contributed by atoms with Crippen LogP contribution in [-0.4, -0.2) is 20.2 Å². The summed E-state index contributed by atoms with van der Waals surface area (Å²) in [4.78, 5) is 9.07. The van der Waals surface area contributed by atoms with Crippen LogP contribution < -0.4 is 10.2 Å². The average molecular weight is 756 g/mol. The summed E-state index contributed by atoms with van der Waals surface area (Å²) in [5.74, 6) is 1.02. The molecule has 4 aromatic rings. The molecule has 4 aromatic heterocycles. The molecule has 0 aliphatic heterocycles. The van der Waals surface area contributed by atoms with E-state index in [-0.39, 0.29) is 48.1 Å². The van der Waals surface area contributed by atoms with Gasteiger partial charge in [-0.2, -0.15) is 0 Å². The maximum absolute atomic E-state index is 5.12. The minimum atomic E-state index is 0. The molecule has 0 N–H and O–H groups in total. The molecule has 6 nitrogen and oxygen atoms in total. The van der Waals surface area contributed by atoms with E-state index in [2.05, 4.69) is 108 Å². The van der Waals surface area contributed by atoms with Crippen LogP contribution in [0.25, 0.3) is 22.8 Å². The van der Waals surface area contributed by atoms with Gasteiger partial charge >= 0.3 is 21.1 Å². The Kier molecular flexibility index (Phi) is 6.87. The summed E-state index contributed by atoms with van der Waals surface area (Å²) >= 11 is 0. The summed E-state index contributed by atoms with van der Waals surface area (Å²) in [6.45, 7) is 21.0. The molecule has 4 unspecified atom stereocenters. The van der Waals surface area contributed by atoms with E-state index >= 15 is 0 Å². The Hall–Kier alpha value is -2.59. The van der Waals surface area contributed by atoms with Gasteiger partial charge in [-0.15, -0.1) is 0 Å². The summed E-state index contributed by atoms with van der Waals surface area (Å²) in [5.41, 5.74) is 11.2. The Morgan fingerprint density at radius 3 is 1.53 bits per heavy atom. The van der Waals surface area contributed by atoms with Crippen molar-refractivity contribution in [3.63, 3.8) is 0 Å². The van der Waals surface area contributed by atoms with Crippen LogP contribution in [0.1, 0.15) is 128 Å². The predicted molar refractivity (Wildman–Crippen MR) is 166 cm³/mol. The van der Waals surface area contributed by atoms with Crippen LogP contribution >= 0.6 is 0 Å². The molecule has 0 amide bonds. The van der Waals surface area contributed by atoms with Crippen LogP contribution in [0, 0.1) is 10.8 Å². The van der Waals surface area contributed by atoms with Gasteiger partial charge in [-0.05, 0) is 94.7 Å². The van der Waals surface area contributed by atoms with Crippen LogP contribution in [0.3, 0.4) is 0 Å². The fourth-order valence-corrected chi connectivity index (χ4v) is 8.90. The zero-order valence-corrected chi connectivity index (χ0v) is 29.3. The quantitative estimate of drug-likeness (QED) is 0.208. The number of fused-ring (bicyclic) bond motifs is 10. The minimum absolute atomic E-state index is 0. The topological polar surface area (TPSA) is 79.8 Å². The number of hydrogen-bond acceptors (Lipinski definition) is 4. The number of rotatable bonds is 2. The maximum Gasteiger partial charge on any atom is 2.00 e. The van der Waals surface area contributed by atoms with E-state index in [1.54, 1.807) is 0 Å². The van der Waals surface area contributed by atoms with Crippen molar-refractivity contribution in [1.82, 2.24) is 30.4 Å². The third-order valence-corrected chi connectivity index (χ3v) is 12.5. The van der Waals surface area contributed by atoms with E-state index in [4.69, 9.17) is 15.2 Å². The minimum Gasteiger partial charge on any atom is -0.573 e. The summed E-state index contributed by atoms with van der Waals surface area (Å²) < 4.78 is 0. The van der Waals surface area contributed by atoms with Crippen molar-refractivity contribution in [2.75, 3.05) is 0 Å². The molecule has 0 radical (unpaired) electrons. The Bertz CT molecular complexity index is 1580. The Labute approximate surface area is 271 Å². The zero-order valence-electron chi connectivity index (χ0n) is 27.0. The summed E-state index contributed by atoms with van der Waals surface area (Å²) in [6, 6.07) is 10.4. The molecule has 43 heavy (non-hydrogen) atoms. The van der Waals surface area contributed by atoms with Crippen molar-refractivity contribution in [1.29, 1.82) is 0 Å². The first kappa shape index (κ1) is 30.4. The third kappa shape index (κ3) is 4.00. The van der Waals surface area contributed by atoms with Crippen molar-refractivity contribution in [3.8, 4) is 22.8 Å². The van der Waals surface area contributed by atoms with Gasteiger partial charge in [0, 0.05) is 34.6 Å². The van der Waals surface area contributed by atoms with E-state index in [1.165, 1.54) is 53.8 Å². The zero-order chi connectivity index (χ0) is 29.9. The van der Waals surface area contributed by atoms with Crippen molar-refractivity contribution in [2.24, 2.45) is 10.8 Å². The molecule has 4 bridgehead atoms. The van der Waals surface area contributed by atoms with Gasteiger partial charge in [0.15, 0.2) is 0 Å². The van der Waals surface area contributed by atoms with Gasteiger partial charge in [0.2, 0.25) is 0 Å². The van der Waals surface area contributed by atoms with Crippen molar-refractivity contribution < 1.29 is 21.1 Å². The molecule has 8 rings (SSSR count). The SMILES string of the molecule is CC(C)(C)c1ccncc1.CC12CCC(c3c1n[n-]c3-c1cccc(-c3[n-]nc4c3C3CCC4(C)C3(C)C)n1)C2(C)C.[Pt+2]. The average Bonchev–Trinajstić information content (AvgIpc) is 3.73. The molecule has 4 heterocycles. The number of aromatic nitrogens is 6. The standard InChI is InChI=1S/C27H31N5.C9H13N.Pt/c1-24(2)14-10-12-26(24,5)22-18(14)20(29-31-22)16-8-7-9-17(28-16)21-19-15-11-13-27(6,25(15,3)4)23(19)32-30-21;1-9(2,3)8-4-6-10-7-5-8;/h7-9,14-15H,10-13H2,1-6H3;4-7H,1-3H3;/q-2;;+2. The number of hydrogen-bond donors (Lipinski definition) is 0. The smallest absolute Gasteiger partial charge is 0.573 e. The largest absolute Gasteiger partial charge is 2.00 e. The van der Waals surface area contributed by atoms with Gasteiger partial charge in [-0.1, -0.05) is 79.8 Å². The summed E-state index contributed by atoms with van der Waals surface area (Å²) in [5, 5.41) is 18.8. The van der Waals surface area contributed by atoms with E-state index < -0.39 is 0 Å². The first-order valence-electron chi connectivity index (χ1n) is 15.7. The number of nitrogens with zero attached hydrogens (tertiary/aromatic N) is 6. The van der Waals surface area contributed by atoms with Gasteiger partial charge in [-0.25, -0.2) is 0 Å². The second-order valence-corrected chi connectivity index (χ2v) is 15.8. The molecule has 4 atom stereocenters. The Balaban J connectivity index is 0.000000258. The molecule has 0 saturated heterocycles. The molecule has 4 aliphatic rings. The van der Waals surface area contributed by atoms with Crippen LogP contribution in [0.4, 0.5) is 0 Å². The van der Waals surface area contributed by atoms with Crippen LogP contribution in [0.2, 0.25) is 0 Å². The van der Waals surface area contributed by atoms with Crippen molar-refractivity contribution in [2.45, 2.75) is 116 Å². The molecular formula is C36H44N6Pt. The fourth-order valence-electron chi connectivity index (χ4n) is 8.90. The van der Waals surface area contributed by atoms with E-state index in [1.807, 2.05) is 12.4 Å².